The van der Waals surface area contributed by atoms with Crippen molar-refractivity contribution >= 4 is 5.97 Å². The number of hydrogen-bond donors (Lipinski definition) is 0. The second-order valence-electron chi connectivity index (χ2n) is 5.28. The molecule has 1 heterocycles. The molecule has 0 aromatic carbocycles. The molecule has 0 bridgehead atoms. The molecular weight excluding hydrogens is 256 g/mol. The third-order valence-electron chi connectivity index (χ3n) is 2.81. The normalized spacial score (nSPS) is 11.0. The van der Waals surface area contributed by atoms with E-state index in [1.807, 2.05) is 6.92 Å². The van der Waals surface area contributed by atoms with Gasteiger partial charge in [-0.2, -0.15) is 4.98 Å². The van der Waals surface area contributed by atoms with Gasteiger partial charge in [-0.25, -0.2) is 9.78 Å². The Hall–Kier alpha value is -1.65. The molecule has 0 radical (unpaired) electrons. The molecule has 1 aromatic heterocycles. The molecule has 5 nitrogen and oxygen atoms in total. The van der Waals surface area contributed by atoms with E-state index in [9.17, 15) is 4.79 Å². The topological polar surface area (TPSA) is 61.3 Å². The van der Waals surface area contributed by atoms with Crippen molar-refractivity contribution < 1.29 is 14.3 Å². The van der Waals surface area contributed by atoms with Crippen LogP contribution in [0.15, 0.2) is 0 Å². The SMILES string of the molecule is CCOC(=O)COc1nc(C)nc(C(C)C)c1C(C)C. The van der Waals surface area contributed by atoms with Crippen LogP contribution < -0.4 is 4.74 Å². The summed E-state index contributed by atoms with van der Waals surface area (Å²) < 4.78 is 10.4. The van der Waals surface area contributed by atoms with Crippen molar-refractivity contribution in [3.05, 3.63) is 17.1 Å². The maximum atomic E-state index is 11.4. The summed E-state index contributed by atoms with van der Waals surface area (Å²) >= 11 is 0. The zero-order valence-electron chi connectivity index (χ0n) is 13.2. The highest BCUT2D eigenvalue weighted by atomic mass is 16.6. The van der Waals surface area contributed by atoms with Gasteiger partial charge >= 0.3 is 5.97 Å². The van der Waals surface area contributed by atoms with Crippen LogP contribution in [0.1, 0.15) is 63.5 Å². The van der Waals surface area contributed by atoms with Crippen molar-refractivity contribution in [2.24, 2.45) is 0 Å². The third-order valence-corrected chi connectivity index (χ3v) is 2.81. The van der Waals surface area contributed by atoms with E-state index in [2.05, 4.69) is 37.7 Å². The van der Waals surface area contributed by atoms with Crippen molar-refractivity contribution in [3.8, 4) is 5.88 Å². The molecule has 0 spiro atoms. The van der Waals surface area contributed by atoms with E-state index in [1.54, 1.807) is 6.92 Å². The molecule has 0 aliphatic carbocycles. The monoisotopic (exact) mass is 280 g/mol. The van der Waals surface area contributed by atoms with Crippen LogP contribution in [0.2, 0.25) is 0 Å². The van der Waals surface area contributed by atoms with Gasteiger partial charge in [-0.05, 0) is 25.7 Å². The summed E-state index contributed by atoms with van der Waals surface area (Å²) in [6.07, 6.45) is 0. The lowest BCUT2D eigenvalue weighted by atomic mass is 9.96. The van der Waals surface area contributed by atoms with Gasteiger partial charge in [0.05, 0.1) is 12.3 Å². The number of ether oxygens (including phenoxy) is 2. The first-order chi connectivity index (χ1) is 9.36. The van der Waals surface area contributed by atoms with Crippen molar-refractivity contribution in [1.29, 1.82) is 0 Å². The summed E-state index contributed by atoms with van der Waals surface area (Å²) in [5.74, 6) is 1.26. The number of nitrogens with zero attached hydrogens (tertiary/aromatic N) is 2. The number of carbonyl (C=O) groups excluding carboxylic acids is 1. The van der Waals surface area contributed by atoms with Gasteiger partial charge in [0.1, 0.15) is 5.82 Å². The lowest BCUT2D eigenvalue weighted by molar-refractivity contribution is -0.145. The summed E-state index contributed by atoms with van der Waals surface area (Å²) in [4.78, 5) is 20.2. The molecule has 0 N–H and O–H groups in total. The van der Waals surface area contributed by atoms with Gasteiger partial charge in [-0.3, -0.25) is 0 Å². The largest absolute Gasteiger partial charge is 0.465 e. The standard InChI is InChI=1S/C15H24N2O3/c1-7-19-12(18)8-20-15-13(9(2)3)14(10(4)5)16-11(6)17-15/h9-10H,7-8H2,1-6H3. The summed E-state index contributed by atoms with van der Waals surface area (Å²) in [6.45, 7) is 12.1. The van der Waals surface area contributed by atoms with Gasteiger partial charge in [0, 0.05) is 5.56 Å². The van der Waals surface area contributed by atoms with Gasteiger partial charge in [0.15, 0.2) is 6.61 Å². The summed E-state index contributed by atoms with van der Waals surface area (Å²) in [6, 6.07) is 0. The van der Waals surface area contributed by atoms with Crippen molar-refractivity contribution in [1.82, 2.24) is 9.97 Å². The minimum atomic E-state index is -0.385. The highest BCUT2D eigenvalue weighted by Crippen LogP contribution is 2.31. The summed E-state index contributed by atoms with van der Waals surface area (Å²) in [5, 5.41) is 0. The quantitative estimate of drug-likeness (QED) is 0.750. The molecule has 0 saturated carbocycles. The Balaban J connectivity index is 3.07. The molecule has 0 aliphatic heterocycles. The Kier molecular flexibility index (Phi) is 5.92. The van der Waals surface area contributed by atoms with Gasteiger partial charge in [-0.1, -0.05) is 27.7 Å². The van der Waals surface area contributed by atoms with E-state index in [1.165, 1.54) is 0 Å². The lowest BCUT2D eigenvalue weighted by Gasteiger charge is -2.19. The van der Waals surface area contributed by atoms with Crippen LogP contribution in [-0.2, 0) is 9.53 Å². The number of rotatable bonds is 6. The van der Waals surface area contributed by atoms with Crippen molar-refractivity contribution in [2.75, 3.05) is 13.2 Å². The van der Waals surface area contributed by atoms with Crippen molar-refractivity contribution in [2.45, 2.75) is 53.4 Å². The smallest absolute Gasteiger partial charge is 0.344 e. The molecular formula is C15H24N2O3. The van der Waals surface area contributed by atoms with E-state index in [0.29, 0.717) is 18.3 Å². The first kappa shape index (κ1) is 16.4. The first-order valence-corrected chi connectivity index (χ1v) is 7.03. The second kappa shape index (κ2) is 7.22. The predicted octanol–water partition coefficient (Wildman–Crippen LogP) is 2.97. The zero-order chi connectivity index (χ0) is 15.3. The Morgan fingerprint density at radius 1 is 1.15 bits per heavy atom. The number of carbonyl (C=O) groups is 1. The highest BCUT2D eigenvalue weighted by molar-refractivity contribution is 5.71. The lowest BCUT2D eigenvalue weighted by Crippen LogP contribution is -2.17. The van der Waals surface area contributed by atoms with Crippen LogP contribution in [0, 0.1) is 6.92 Å². The van der Waals surface area contributed by atoms with E-state index in [4.69, 9.17) is 9.47 Å². The van der Waals surface area contributed by atoms with Gasteiger partial charge in [-0.15, -0.1) is 0 Å². The van der Waals surface area contributed by atoms with E-state index in [0.717, 1.165) is 11.3 Å². The summed E-state index contributed by atoms with van der Waals surface area (Å²) in [7, 11) is 0. The van der Waals surface area contributed by atoms with Crippen LogP contribution in [-0.4, -0.2) is 29.2 Å². The third kappa shape index (κ3) is 4.18. The van der Waals surface area contributed by atoms with Crippen LogP contribution in [0.5, 0.6) is 5.88 Å². The molecule has 5 heteroatoms. The molecule has 112 valence electrons. The molecule has 0 unspecified atom stereocenters. The molecule has 0 aliphatic rings. The van der Waals surface area contributed by atoms with Crippen LogP contribution >= 0.6 is 0 Å². The molecule has 0 amide bonds. The van der Waals surface area contributed by atoms with E-state index >= 15 is 0 Å². The zero-order valence-corrected chi connectivity index (χ0v) is 13.2. The van der Waals surface area contributed by atoms with Gasteiger partial charge in [0.25, 0.3) is 0 Å². The average Bonchev–Trinajstić information content (AvgIpc) is 2.35. The second-order valence-corrected chi connectivity index (χ2v) is 5.28. The highest BCUT2D eigenvalue weighted by Gasteiger charge is 2.20. The molecule has 0 fully saturated rings. The average molecular weight is 280 g/mol. The Morgan fingerprint density at radius 2 is 1.80 bits per heavy atom. The Morgan fingerprint density at radius 3 is 2.30 bits per heavy atom. The van der Waals surface area contributed by atoms with Crippen LogP contribution in [0.25, 0.3) is 0 Å². The fourth-order valence-corrected chi connectivity index (χ4v) is 2.00. The number of aryl methyl sites for hydroxylation is 1. The molecule has 1 aromatic rings. The number of aromatic nitrogens is 2. The van der Waals surface area contributed by atoms with Crippen molar-refractivity contribution in [3.63, 3.8) is 0 Å². The summed E-state index contributed by atoms with van der Waals surface area (Å²) in [5.41, 5.74) is 1.95. The maximum Gasteiger partial charge on any atom is 0.344 e. The Labute approximate surface area is 120 Å². The van der Waals surface area contributed by atoms with Crippen LogP contribution in [0.3, 0.4) is 0 Å². The first-order valence-electron chi connectivity index (χ1n) is 7.03. The predicted molar refractivity (Wildman–Crippen MR) is 77.1 cm³/mol. The Bertz CT molecular complexity index is 470. The van der Waals surface area contributed by atoms with E-state index < -0.39 is 0 Å². The number of esters is 1. The molecule has 20 heavy (non-hydrogen) atoms. The van der Waals surface area contributed by atoms with E-state index in [-0.39, 0.29) is 24.4 Å². The van der Waals surface area contributed by atoms with Gasteiger partial charge in [0.2, 0.25) is 5.88 Å². The molecule has 1 rings (SSSR count). The minimum absolute atomic E-state index is 0.123. The number of hydrogen-bond acceptors (Lipinski definition) is 5. The fourth-order valence-electron chi connectivity index (χ4n) is 2.00. The minimum Gasteiger partial charge on any atom is -0.465 e. The van der Waals surface area contributed by atoms with Crippen LogP contribution in [0.4, 0.5) is 0 Å². The van der Waals surface area contributed by atoms with Gasteiger partial charge < -0.3 is 9.47 Å². The molecule has 0 atom stereocenters. The maximum absolute atomic E-state index is 11.4. The molecule has 0 saturated heterocycles. The fraction of sp³-hybridized carbons (Fsp3) is 0.667.